The normalized spacial score (nSPS) is 36.1. The molecule has 7 atom stereocenters. The van der Waals surface area contributed by atoms with Gasteiger partial charge in [-0.05, 0) is 92.9 Å². The number of aromatic hydroxyl groups is 1. The van der Waals surface area contributed by atoms with Crippen LogP contribution in [0.2, 0.25) is 0 Å². The van der Waals surface area contributed by atoms with E-state index in [0.717, 1.165) is 18.4 Å². The van der Waals surface area contributed by atoms with E-state index in [-0.39, 0.29) is 52.5 Å². The van der Waals surface area contributed by atoms with Gasteiger partial charge in [-0.2, -0.15) is 0 Å². The van der Waals surface area contributed by atoms with E-state index >= 15 is 4.79 Å². The van der Waals surface area contributed by atoms with Gasteiger partial charge in [0.05, 0.1) is 5.60 Å². The molecule has 2 unspecified atom stereocenters. The van der Waals surface area contributed by atoms with E-state index < -0.39 is 45.1 Å². The van der Waals surface area contributed by atoms with E-state index in [9.17, 15) is 19.8 Å². The van der Waals surface area contributed by atoms with Crippen molar-refractivity contribution < 1.29 is 38.8 Å². The number of hydrogen-bond acceptors (Lipinski definition) is 7. The zero-order valence-corrected chi connectivity index (χ0v) is 29.1. The first-order valence-electron chi connectivity index (χ1n) is 16.8. The van der Waals surface area contributed by atoms with Gasteiger partial charge in [-0.25, -0.2) is 4.79 Å². The molecule has 1 spiro atoms. The molecule has 3 heterocycles. The van der Waals surface area contributed by atoms with Crippen LogP contribution in [0.5, 0.6) is 17.2 Å². The molecule has 47 heavy (non-hydrogen) atoms. The number of ether oxygens (including phenoxy) is 3. The number of fused-ring (bicyclic) bond motifs is 5. The molecule has 2 saturated carbocycles. The fourth-order valence-corrected chi connectivity index (χ4v) is 9.91. The Bertz CT molecular complexity index is 1730. The van der Waals surface area contributed by atoms with Gasteiger partial charge in [0.15, 0.2) is 22.8 Å². The van der Waals surface area contributed by atoms with Crippen molar-refractivity contribution in [1.82, 2.24) is 0 Å². The summed E-state index contributed by atoms with van der Waals surface area (Å²) in [7, 11) is 0. The number of carbonyl (C=O) groups excluding carboxylic acids is 2. The second-order valence-corrected chi connectivity index (χ2v) is 17.3. The maximum Gasteiger partial charge on any atom is 0.330 e. The minimum absolute atomic E-state index is 0.0694. The molecule has 1 aromatic rings. The topological polar surface area (TPSA) is 119 Å². The van der Waals surface area contributed by atoms with Crippen LogP contribution >= 0.6 is 11.6 Å². The van der Waals surface area contributed by atoms with Crippen LogP contribution in [-0.2, 0) is 20.7 Å². The zero-order chi connectivity index (χ0) is 34.2. The van der Waals surface area contributed by atoms with Crippen LogP contribution in [0, 0.1) is 17.8 Å². The lowest BCUT2D eigenvalue weighted by Crippen LogP contribution is -2.72. The van der Waals surface area contributed by atoms with Gasteiger partial charge in [-0.1, -0.05) is 24.3 Å². The van der Waals surface area contributed by atoms with E-state index in [2.05, 4.69) is 13.5 Å². The monoisotopic (exact) mass is 664 g/mol. The number of phenols is 1. The summed E-state index contributed by atoms with van der Waals surface area (Å²) in [6.45, 7) is 17.5. The Kier molecular flexibility index (Phi) is 6.89. The first-order valence-corrected chi connectivity index (χ1v) is 17.2. The van der Waals surface area contributed by atoms with Crippen molar-refractivity contribution in [3.63, 3.8) is 0 Å². The molecular formula is C38H45ClO8. The molecule has 4 aliphatic carbocycles. The smallest absolute Gasteiger partial charge is 0.330 e. The summed E-state index contributed by atoms with van der Waals surface area (Å²) in [5.74, 6) is -2.09. The lowest BCUT2D eigenvalue weighted by atomic mass is 9.51. The molecule has 252 valence electrons. The highest BCUT2D eigenvalue weighted by atomic mass is 35.5. The SMILES string of the molecule is C=C(C)C1CC[C@]2(C)CC1c1c(O)c3c(c(CCC(C)(C)Cl)c1O2)O[C@]12C(=C[C@@H]4C[C@@H]1C(C)(C)O[C@@]2(C/C=C(/C)C(=O)O)C4=O)C3=O. The summed E-state index contributed by atoms with van der Waals surface area (Å²) >= 11 is 6.76. The first kappa shape index (κ1) is 32.4. The standard InChI is InChI=1S/C38H45ClO8/c1-18(2)21-11-13-36(8)17-23(21)26-29(41)27-28(40)24-15-20-16-25-35(6,7)47-37(32(20)42,14-9-19(3)33(43)44)38(24,25)46-31(27)22(30(26)45-36)10-12-34(4,5)39/h9,15,20-21,23,25,41H,1,10-14,16-17H2,2-8H3,(H,43,44)/b19-9-/t20-,21?,23?,25-,36-,37+,38-/m1/s1. The van der Waals surface area contributed by atoms with Gasteiger partial charge >= 0.3 is 5.97 Å². The van der Waals surface area contributed by atoms with Gasteiger partial charge in [0.25, 0.3) is 0 Å². The Balaban J connectivity index is 1.51. The lowest BCUT2D eigenvalue weighted by molar-refractivity contribution is -0.171. The predicted octanol–water partition coefficient (Wildman–Crippen LogP) is 7.38. The van der Waals surface area contributed by atoms with Gasteiger partial charge in [0.2, 0.25) is 0 Å². The lowest BCUT2D eigenvalue weighted by Gasteiger charge is -2.56. The molecule has 0 radical (unpaired) electrons. The number of carbonyl (C=O) groups is 3. The molecule has 6 bridgehead atoms. The van der Waals surface area contributed by atoms with Gasteiger partial charge < -0.3 is 24.4 Å². The average Bonchev–Trinajstić information content (AvgIpc) is 3.11. The number of phenolic OH excluding ortho intramolecular Hbond substituents is 1. The first-order chi connectivity index (χ1) is 21.8. The molecule has 7 aliphatic rings. The summed E-state index contributed by atoms with van der Waals surface area (Å²) in [5, 5.41) is 21.9. The van der Waals surface area contributed by atoms with Crippen LogP contribution in [0.15, 0.2) is 35.5 Å². The quantitative estimate of drug-likeness (QED) is 0.176. The molecule has 8 nitrogen and oxygen atoms in total. The Hall–Kier alpha value is -3.10. The number of Topliss-reactive ketones (excluding diaryl/α,β-unsaturated/α-hetero) is 2. The number of halogens is 1. The third-order valence-corrected chi connectivity index (χ3v) is 12.3. The van der Waals surface area contributed by atoms with Crippen LogP contribution in [-0.4, -0.2) is 55.0 Å². The van der Waals surface area contributed by atoms with Crippen LogP contribution in [0.3, 0.4) is 0 Å². The van der Waals surface area contributed by atoms with Gasteiger partial charge in [-0.15, -0.1) is 11.6 Å². The maximum absolute atomic E-state index is 15.0. The number of carboxylic acids is 1. The van der Waals surface area contributed by atoms with Crippen molar-refractivity contribution in [3.8, 4) is 17.2 Å². The van der Waals surface area contributed by atoms with Crippen molar-refractivity contribution >= 4 is 29.1 Å². The number of rotatable bonds is 7. The second kappa shape index (κ2) is 9.97. The van der Waals surface area contributed by atoms with Crippen LogP contribution in [0.25, 0.3) is 0 Å². The van der Waals surface area contributed by atoms with Gasteiger partial charge in [0.1, 0.15) is 28.4 Å². The number of benzene rings is 1. The molecule has 8 rings (SSSR count). The number of aliphatic carboxylic acids is 1. The van der Waals surface area contributed by atoms with Gasteiger partial charge in [0, 0.05) is 51.3 Å². The second-order valence-electron chi connectivity index (χ2n) is 16.3. The summed E-state index contributed by atoms with van der Waals surface area (Å²) in [4.78, 5) is 40.6. The highest BCUT2D eigenvalue weighted by Crippen LogP contribution is 2.69. The summed E-state index contributed by atoms with van der Waals surface area (Å²) in [6.07, 6.45) is 6.86. The molecule has 0 amide bonds. The molecule has 0 aromatic heterocycles. The van der Waals surface area contributed by atoms with Crippen LogP contribution in [0.4, 0.5) is 0 Å². The highest BCUT2D eigenvalue weighted by Gasteiger charge is 2.81. The fourth-order valence-electron chi connectivity index (χ4n) is 9.81. The van der Waals surface area contributed by atoms with Crippen LogP contribution in [0.1, 0.15) is 114 Å². The molecule has 1 saturated heterocycles. The molecule has 1 aromatic carbocycles. The van der Waals surface area contributed by atoms with Crippen LogP contribution < -0.4 is 9.47 Å². The Morgan fingerprint density at radius 3 is 2.51 bits per heavy atom. The summed E-state index contributed by atoms with van der Waals surface area (Å²) in [5.41, 5.74) is -1.76. The van der Waals surface area contributed by atoms with Gasteiger partial charge in [-0.3, -0.25) is 9.59 Å². The van der Waals surface area contributed by atoms with E-state index in [4.69, 9.17) is 25.8 Å². The van der Waals surface area contributed by atoms with E-state index in [1.54, 1.807) is 6.08 Å². The van der Waals surface area contributed by atoms with Crippen molar-refractivity contribution in [2.75, 3.05) is 0 Å². The van der Waals surface area contributed by atoms with Crippen molar-refractivity contribution in [3.05, 3.63) is 52.1 Å². The molecular weight excluding hydrogens is 620 g/mol. The fraction of sp³-hybridized carbons (Fsp3) is 0.605. The maximum atomic E-state index is 15.0. The third kappa shape index (κ3) is 4.32. The van der Waals surface area contributed by atoms with E-state index in [0.29, 0.717) is 48.1 Å². The van der Waals surface area contributed by atoms with Crippen molar-refractivity contribution in [2.24, 2.45) is 17.8 Å². The molecule has 3 aliphatic heterocycles. The number of ketones is 2. The number of alkyl halides is 1. The van der Waals surface area contributed by atoms with Crippen molar-refractivity contribution in [1.29, 1.82) is 0 Å². The Morgan fingerprint density at radius 1 is 1.17 bits per heavy atom. The zero-order valence-electron chi connectivity index (χ0n) is 28.3. The highest BCUT2D eigenvalue weighted by molar-refractivity contribution is 6.23. The predicted molar refractivity (Wildman–Crippen MR) is 177 cm³/mol. The van der Waals surface area contributed by atoms with E-state index in [1.807, 2.05) is 34.6 Å². The molecule has 2 N–H and O–H groups in total. The van der Waals surface area contributed by atoms with Crippen molar-refractivity contribution in [2.45, 2.75) is 127 Å². The Morgan fingerprint density at radius 2 is 1.87 bits per heavy atom. The number of allylic oxidation sites excluding steroid dienone is 2. The average molecular weight is 665 g/mol. The summed E-state index contributed by atoms with van der Waals surface area (Å²) < 4.78 is 20.8. The third-order valence-electron chi connectivity index (χ3n) is 12.1. The minimum Gasteiger partial charge on any atom is -0.507 e. The largest absolute Gasteiger partial charge is 0.507 e. The summed E-state index contributed by atoms with van der Waals surface area (Å²) in [6, 6.07) is 0. The number of carboxylic acid groups (broad SMARTS) is 1. The number of hydrogen-bond donors (Lipinski definition) is 2. The molecule has 3 fully saturated rings. The minimum atomic E-state index is -1.64. The Labute approximate surface area is 281 Å². The van der Waals surface area contributed by atoms with E-state index in [1.165, 1.54) is 13.0 Å². The molecule has 9 heteroatoms.